The van der Waals surface area contributed by atoms with Crippen molar-refractivity contribution in [1.29, 1.82) is 0 Å². The Morgan fingerprint density at radius 3 is 2.50 bits per heavy atom. The fourth-order valence-corrected chi connectivity index (χ4v) is 1.36. The van der Waals surface area contributed by atoms with Crippen molar-refractivity contribution in [1.82, 2.24) is 10.4 Å². The Bertz CT molecular complexity index is 304. The van der Waals surface area contributed by atoms with E-state index in [1.165, 1.54) is 19.2 Å². The van der Waals surface area contributed by atoms with Gasteiger partial charge in [0.15, 0.2) is 0 Å². The normalized spacial score (nSPS) is 19.0. The molecule has 90 valence electrons. The van der Waals surface area contributed by atoms with Gasteiger partial charge in [-0.2, -0.15) is 0 Å². The lowest BCUT2D eigenvalue weighted by Gasteiger charge is -2.39. The number of hydrazine groups is 1. The van der Waals surface area contributed by atoms with Gasteiger partial charge in [-0.3, -0.25) is 19.4 Å². The first kappa shape index (κ1) is 12.4. The number of amides is 1. The van der Waals surface area contributed by atoms with Crippen molar-refractivity contribution >= 4 is 17.8 Å². The SMILES string of the molecule is COC(=O)CNN1C(=O)CC1CC(=O)OC. The summed E-state index contributed by atoms with van der Waals surface area (Å²) in [7, 11) is 2.54. The van der Waals surface area contributed by atoms with Gasteiger partial charge in [0.25, 0.3) is 0 Å². The zero-order valence-electron chi connectivity index (χ0n) is 9.19. The zero-order valence-corrected chi connectivity index (χ0v) is 9.19. The van der Waals surface area contributed by atoms with Gasteiger partial charge in [0.05, 0.1) is 33.1 Å². The second-order valence-corrected chi connectivity index (χ2v) is 3.31. The maximum absolute atomic E-state index is 11.2. The van der Waals surface area contributed by atoms with Crippen LogP contribution in [0.4, 0.5) is 0 Å². The molecule has 1 saturated heterocycles. The summed E-state index contributed by atoms with van der Waals surface area (Å²) >= 11 is 0. The lowest BCUT2D eigenvalue weighted by atomic mass is 10.0. The fraction of sp³-hybridized carbons (Fsp3) is 0.667. The van der Waals surface area contributed by atoms with E-state index >= 15 is 0 Å². The highest BCUT2D eigenvalue weighted by molar-refractivity contribution is 5.85. The largest absolute Gasteiger partial charge is 0.469 e. The number of β-lactam (4-membered cyclic amide) rings is 1. The summed E-state index contributed by atoms with van der Waals surface area (Å²) < 4.78 is 8.90. The van der Waals surface area contributed by atoms with E-state index in [1.54, 1.807) is 0 Å². The molecule has 0 radical (unpaired) electrons. The first-order valence-electron chi connectivity index (χ1n) is 4.77. The van der Waals surface area contributed by atoms with Crippen LogP contribution in [0.3, 0.4) is 0 Å². The zero-order chi connectivity index (χ0) is 12.1. The molecule has 1 heterocycles. The maximum Gasteiger partial charge on any atom is 0.321 e. The molecular weight excluding hydrogens is 216 g/mol. The van der Waals surface area contributed by atoms with Gasteiger partial charge >= 0.3 is 11.9 Å². The first-order valence-corrected chi connectivity index (χ1v) is 4.77. The number of hydrogen-bond donors (Lipinski definition) is 1. The third kappa shape index (κ3) is 2.93. The molecule has 0 aliphatic carbocycles. The number of nitrogens with one attached hydrogen (secondary N) is 1. The van der Waals surface area contributed by atoms with Crippen LogP contribution >= 0.6 is 0 Å². The van der Waals surface area contributed by atoms with Crippen LogP contribution < -0.4 is 5.43 Å². The highest BCUT2D eigenvalue weighted by atomic mass is 16.5. The molecule has 16 heavy (non-hydrogen) atoms. The highest BCUT2D eigenvalue weighted by Gasteiger charge is 2.38. The minimum Gasteiger partial charge on any atom is -0.469 e. The number of ether oxygens (including phenoxy) is 2. The molecule has 1 aliphatic rings. The molecule has 7 nitrogen and oxygen atoms in total. The summed E-state index contributed by atoms with van der Waals surface area (Å²) in [6.07, 6.45) is 0.402. The molecule has 1 aliphatic heterocycles. The molecule has 1 N–H and O–H groups in total. The van der Waals surface area contributed by atoms with Gasteiger partial charge in [0.2, 0.25) is 5.91 Å². The topological polar surface area (TPSA) is 84.9 Å². The van der Waals surface area contributed by atoms with E-state index < -0.39 is 5.97 Å². The highest BCUT2D eigenvalue weighted by Crippen LogP contribution is 2.19. The lowest BCUT2D eigenvalue weighted by Crippen LogP contribution is -2.60. The fourth-order valence-electron chi connectivity index (χ4n) is 1.36. The number of esters is 2. The quantitative estimate of drug-likeness (QED) is 0.473. The van der Waals surface area contributed by atoms with Crippen molar-refractivity contribution in [2.75, 3.05) is 20.8 Å². The van der Waals surface area contributed by atoms with Gasteiger partial charge < -0.3 is 9.47 Å². The Morgan fingerprint density at radius 1 is 1.38 bits per heavy atom. The monoisotopic (exact) mass is 230 g/mol. The van der Waals surface area contributed by atoms with Crippen molar-refractivity contribution in [3.8, 4) is 0 Å². The number of nitrogens with zero attached hydrogens (tertiary/aromatic N) is 1. The van der Waals surface area contributed by atoms with Crippen molar-refractivity contribution in [3.05, 3.63) is 0 Å². The Kier molecular flexibility index (Phi) is 4.24. The number of carbonyl (C=O) groups is 3. The van der Waals surface area contributed by atoms with Gasteiger partial charge in [-0.05, 0) is 0 Å². The number of hydrogen-bond acceptors (Lipinski definition) is 6. The predicted molar refractivity (Wildman–Crippen MR) is 51.9 cm³/mol. The minimum atomic E-state index is -0.475. The summed E-state index contributed by atoms with van der Waals surface area (Å²) in [6, 6.07) is -0.246. The number of methoxy groups -OCH3 is 2. The van der Waals surface area contributed by atoms with Crippen molar-refractivity contribution in [2.24, 2.45) is 0 Å². The van der Waals surface area contributed by atoms with Gasteiger partial charge in [0.1, 0.15) is 6.54 Å². The average Bonchev–Trinajstić information content (AvgIpc) is 2.27. The van der Waals surface area contributed by atoms with Gasteiger partial charge in [-0.1, -0.05) is 0 Å². The van der Waals surface area contributed by atoms with E-state index in [-0.39, 0.29) is 37.3 Å². The standard InChI is InChI=1S/C9H14N2O5/c1-15-8(13)4-6-3-7(12)11(6)10-5-9(14)16-2/h6,10H,3-5H2,1-2H3. The molecule has 1 unspecified atom stereocenters. The molecule has 0 spiro atoms. The number of rotatable bonds is 5. The first-order chi connectivity index (χ1) is 7.58. The Hall–Kier alpha value is -1.63. The van der Waals surface area contributed by atoms with Crippen LogP contribution in [0.5, 0.6) is 0 Å². The van der Waals surface area contributed by atoms with Gasteiger partial charge in [-0.15, -0.1) is 0 Å². The lowest BCUT2D eigenvalue weighted by molar-refractivity contribution is -0.158. The van der Waals surface area contributed by atoms with Crippen LogP contribution in [-0.4, -0.2) is 49.7 Å². The molecule has 1 amide bonds. The Morgan fingerprint density at radius 2 is 2.00 bits per heavy atom. The van der Waals surface area contributed by atoms with E-state index in [0.29, 0.717) is 0 Å². The van der Waals surface area contributed by atoms with Crippen molar-refractivity contribution in [3.63, 3.8) is 0 Å². The molecule has 0 aromatic carbocycles. The van der Waals surface area contributed by atoms with Gasteiger partial charge in [0, 0.05) is 0 Å². The third-order valence-corrected chi connectivity index (χ3v) is 2.30. The Balaban J connectivity index is 2.36. The van der Waals surface area contributed by atoms with Crippen LogP contribution in [-0.2, 0) is 23.9 Å². The molecule has 1 atom stereocenters. The van der Waals surface area contributed by atoms with E-state index in [2.05, 4.69) is 14.9 Å². The van der Waals surface area contributed by atoms with E-state index in [1.807, 2.05) is 0 Å². The maximum atomic E-state index is 11.2. The summed E-state index contributed by atoms with van der Waals surface area (Å²) in [4.78, 5) is 33.0. The number of carbonyl (C=O) groups excluding carboxylic acids is 3. The molecule has 1 fully saturated rings. The van der Waals surface area contributed by atoms with Crippen molar-refractivity contribution < 1.29 is 23.9 Å². The molecule has 0 aromatic rings. The second kappa shape index (κ2) is 5.45. The van der Waals surface area contributed by atoms with E-state index in [0.717, 1.165) is 0 Å². The Labute approximate surface area is 92.6 Å². The predicted octanol–water partition coefficient (Wildman–Crippen LogP) is -1.17. The molecule has 1 rings (SSSR count). The summed E-state index contributed by atoms with van der Waals surface area (Å²) in [5.74, 6) is -1.02. The van der Waals surface area contributed by atoms with E-state index in [4.69, 9.17) is 0 Å². The minimum absolute atomic E-state index is 0.0973. The summed E-state index contributed by atoms with van der Waals surface area (Å²) in [5.41, 5.74) is 2.60. The van der Waals surface area contributed by atoms with Crippen LogP contribution in [0.25, 0.3) is 0 Å². The van der Waals surface area contributed by atoms with Crippen molar-refractivity contribution in [2.45, 2.75) is 18.9 Å². The van der Waals surface area contributed by atoms with E-state index in [9.17, 15) is 14.4 Å². The third-order valence-electron chi connectivity index (χ3n) is 2.30. The molecule has 0 bridgehead atoms. The average molecular weight is 230 g/mol. The van der Waals surface area contributed by atoms with Crippen LogP contribution in [0.15, 0.2) is 0 Å². The summed E-state index contributed by atoms with van der Waals surface area (Å²) in [5, 5.41) is 1.26. The van der Waals surface area contributed by atoms with Crippen LogP contribution in [0.2, 0.25) is 0 Å². The summed E-state index contributed by atoms with van der Waals surface area (Å²) in [6.45, 7) is -0.0973. The molecule has 0 saturated carbocycles. The molecular formula is C9H14N2O5. The molecule has 7 heteroatoms. The second-order valence-electron chi connectivity index (χ2n) is 3.31. The molecule has 0 aromatic heterocycles. The van der Waals surface area contributed by atoms with Gasteiger partial charge in [-0.25, -0.2) is 5.43 Å². The van der Waals surface area contributed by atoms with Crippen LogP contribution in [0, 0.1) is 0 Å². The smallest absolute Gasteiger partial charge is 0.321 e. The van der Waals surface area contributed by atoms with Crippen LogP contribution in [0.1, 0.15) is 12.8 Å².